The number of nitrogens with one attached hydrogen (secondary N) is 2. The van der Waals surface area contributed by atoms with E-state index in [0.717, 1.165) is 96.7 Å². The van der Waals surface area contributed by atoms with Gasteiger partial charge in [-0.05, 0) is 73.7 Å². The normalized spacial score (nSPS) is 14.5. The fourth-order valence-corrected chi connectivity index (χ4v) is 6.28. The Balaban J connectivity index is 0.992. The average molecular weight is 632 g/mol. The van der Waals surface area contributed by atoms with Crippen molar-refractivity contribution < 1.29 is 9.53 Å². The lowest BCUT2D eigenvalue weighted by molar-refractivity contribution is 0.174. The van der Waals surface area contributed by atoms with Crippen molar-refractivity contribution in [3.05, 3.63) is 95.1 Å². The van der Waals surface area contributed by atoms with Gasteiger partial charge in [0.2, 0.25) is 0 Å². The van der Waals surface area contributed by atoms with Gasteiger partial charge in [0.15, 0.2) is 5.82 Å². The van der Waals surface area contributed by atoms with E-state index < -0.39 is 0 Å². The van der Waals surface area contributed by atoms with Gasteiger partial charge in [0.25, 0.3) is 0 Å². The second-order valence-electron chi connectivity index (χ2n) is 13.3. The summed E-state index contributed by atoms with van der Waals surface area (Å²) in [6.45, 7) is 12.2. The molecule has 3 aromatic heterocycles. The first-order valence-corrected chi connectivity index (χ1v) is 16.3. The average Bonchev–Trinajstić information content (AvgIpc) is 3.82. The summed E-state index contributed by atoms with van der Waals surface area (Å²) in [5, 5.41) is 19.9. The molecule has 0 saturated heterocycles. The maximum atomic E-state index is 13.4. The Labute approximate surface area is 275 Å². The van der Waals surface area contributed by atoms with Crippen molar-refractivity contribution in [3.63, 3.8) is 0 Å². The SMILES string of the molecule is Cc1ccc(-n2nc(C(C)(C)C)cc2NC(=O)Nc2ccc(OCCN3CCn4c(nnc4-c4ccccn4)C3)c3c2CCC3)cc1. The summed E-state index contributed by atoms with van der Waals surface area (Å²) in [5.74, 6) is 3.29. The molecule has 11 nitrogen and oxygen atoms in total. The fourth-order valence-electron chi connectivity index (χ4n) is 6.28. The number of carbonyl (C=O) groups is 1. The molecule has 0 saturated carbocycles. The Morgan fingerprint density at radius 2 is 1.79 bits per heavy atom. The molecule has 0 atom stereocenters. The summed E-state index contributed by atoms with van der Waals surface area (Å²) < 4.78 is 10.3. The first kappa shape index (κ1) is 30.6. The Morgan fingerprint density at radius 3 is 2.57 bits per heavy atom. The molecule has 2 aliphatic rings. The van der Waals surface area contributed by atoms with Gasteiger partial charge in [-0.2, -0.15) is 5.10 Å². The van der Waals surface area contributed by atoms with Gasteiger partial charge in [0.05, 0.1) is 17.9 Å². The van der Waals surface area contributed by atoms with E-state index in [0.29, 0.717) is 12.4 Å². The number of urea groups is 1. The van der Waals surface area contributed by atoms with Crippen LogP contribution in [0.2, 0.25) is 0 Å². The van der Waals surface area contributed by atoms with E-state index in [1.165, 1.54) is 5.56 Å². The molecular formula is C36H41N9O2. The van der Waals surface area contributed by atoms with E-state index in [1.807, 2.05) is 60.7 Å². The molecule has 0 bridgehead atoms. The van der Waals surface area contributed by atoms with Crippen LogP contribution in [0.25, 0.3) is 17.2 Å². The highest BCUT2D eigenvalue weighted by molar-refractivity contribution is 6.00. The van der Waals surface area contributed by atoms with Crippen LogP contribution in [0, 0.1) is 6.92 Å². The molecule has 1 aliphatic carbocycles. The number of rotatable bonds is 8. The van der Waals surface area contributed by atoms with Crippen molar-refractivity contribution in [2.24, 2.45) is 0 Å². The van der Waals surface area contributed by atoms with Crippen molar-refractivity contribution >= 4 is 17.5 Å². The Hall–Kier alpha value is -5.03. The molecule has 0 spiro atoms. The van der Waals surface area contributed by atoms with Crippen LogP contribution in [0.1, 0.15) is 55.4 Å². The number of aryl methyl sites for hydroxylation is 1. The Bertz CT molecular complexity index is 1890. The van der Waals surface area contributed by atoms with Gasteiger partial charge in [-0.15, -0.1) is 10.2 Å². The summed E-state index contributed by atoms with van der Waals surface area (Å²) in [6, 6.07) is 19.6. The van der Waals surface area contributed by atoms with Crippen molar-refractivity contribution in [3.8, 4) is 23.0 Å². The van der Waals surface area contributed by atoms with Crippen LogP contribution in [0.15, 0.2) is 66.9 Å². The van der Waals surface area contributed by atoms with E-state index in [1.54, 1.807) is 10.9 Å². The van der Waals surface area contributed by atoms with Gasteiger partial charge < -0.3 is 14.6 Å². The molecule has 11 heteroatoms. The number of hydrogen-bond acceptors (Lipinski definition) is 7. The van der Waals surface area contributed by atoms with Crippen LogP contribution in [0.4, 0.5) is 16.3 Å². The molecule has 2 N–H and O–H groups in total. The van der Waals surface area contributed by atoms with Gasteiger partial charge in [-0.25, -0.2) is 9.48 Å². The van der Waals surface area contributed by atoms with Gasteiger partial charge in [-0.1, -0.05) is 44.5 Å². The van der Waals surface area contributed by atoms with Crippen LogP contribution in [-0.4, -0.2) is 60.2 Å². The Kier molecular flexibility index (Phi) is 8.23. The van der Waals surface area contributed by atoms with Gasteiger partial charge in [-0.3, -0.25) is 15.2 Å². The largest absolute Gasteiger partial charge is 0.492 e. The second-order valence-corrected chi connectivity index (χ2v) is 13.3. The molecular weight excluding hydrogens is 590 g/mol. The minimum absolute atomic E-state index is 0.170. The molecule has 4 heterocycles. The fraction of sp³-hybridized carbons (Fsp3) is 0.361. The lowest BCUT2D eigenvalue weighted by Gasteiger charge is -2.27. The quantitative estimate of drug-likeness (QED) is 0.211. The lowest BCUT2D eigenvalue weighted by Crippen LogP contribution is -2.36. The predicted octanol–water partition coefficient (Wildman–Crippen LogP) is 6.16. The van der Waals surface area contributed by atoms with Crippen LogP contribution in [0.3, 0.4) is 0 Å². The molecule has 7 rings (SSSR count). The molecule has 242 valence electrons. The molecule has 47 heavy (non-hydrogen) atoms. The molecule has 0 unspecified atom stereocenters. The van der Waals surface area contributed by atoms with Crippen LogP contribution >= 0.6 is 0 Å². The zero-order valence-electron chi connectivity index (χ0n) is 27.5. The molecule has 0 fully saturated rings. The molecule has 2 aromatic carbocycles. The molecule has 1 aliphatic heterocycles. The highest BCUT2D eigenvalue weighted by Crippen LogP contribution is 2.36. The van der Waals surface area contributed by atoms with Crippen molar-refractivity contribution in [2.75, 3.05) is 30.3 Å². The van der Waals surface area contributed by atoms with E-state index in [2.05, 4.69) is 63.0 Å². The highest BCUT2D eigenvalue weighted by atomic mass is 16.5. The van der Waals surface area contributed by atoms with Gasteiger partial charge in [0, 0.05) is 43.0 Å². The van der Waals surface area contributed by atoms with Crippen molar-refractivity contribution in [1.29, 1.82) is 0 Å². The first-order chi connectivity index (χ1) is 22.7. The summed E-state index contributed by atoms with van der Waals surface area (Å²) in [4.78, 5) is 20.2. The van der Waals surface area contributed by atoms with Crippen LogP contribution < -0.4 is 15.4 Å². The number of nitrogens with zero attached hydrogens (tertiary/aromatic N) is 7. The van der Waals surface area contributed by atoms with Gasteiger partial charge in [0.1, 0.15) is 29.7 Å². The molecule has 5 aromatic rings. The second kappa shape index (κ2) is 12.6. The topological polar surface area (TPSA) is 115 Å². The van der Waals surface area contributed by atoms with Crippen molar-refractivity contribution in [1.82, 2.24) is 34.4 Å². The highest BCUT2D eigenvalue weighted by Gasteiger charge is 2.25. The van der Waals surface area contributed by atoms with E-state index in [9.17, 15) is 4.79 Å². The number of hydrogen-bond donors (Lipinski definition) is 2. The lowest BCUT2D eigenvalue weighted by atomic mass is 9.92. The van der Waals surface area contributed by atoms with Crippen LogP contribution in [-0.2, 0) is 31.3 Å². The first-order valence-electron chi connectivity index (χ1n) is 16.3. The Morgan fingerprint density at radius 1 is 0.957 bits per heavy atom. The third-order valence-corrected chi connectivity index (χ3v) is 8.88. The number of anilines is 2. The van der Waals surface area contributed by atoms with Crippen molar-refractivity contribution in [2.45, 2.75) is 65.5 Å². The maximum Gasteiger partial charge on any atom is 0.324 e. The molecule has 2 amide bonds. The number of amides is 2. The number of carbonyl (C=O) groups excluding carboxylic acids is 1. The number of aromatic nitrogens is 6. The summed E-state index contributed by atoms with van der Waals surface area (Å²) in [5.41, 5.74) is 6.78. The zero-order valence-corrected chi connectivity index (χ0v) is 27.5. The molecule has 0 radical (unpaired) electrons. The maximum absolute atomic E-state index is 13.4. The zero-order chi connectivity index (χ0) is 32.5. The van der Waals surface area contributed by atoms with E-state index >= 15 is 0 Å². The summed E-state index contributed by atoms with van der Waals surface area (Å²) in [6.07, 6.45) is 4.64. The number of ether oxygens (including phenoxy) is 1. The number of pyridine rings is 1. The monoisotopic (exact) mass is 631 g/mol. The third kappa shape index (κ3) is 6.48. The van der Waals surface area contributed by atoms with E-state index in [4.69, 9.17) is 9.84 Å². The van der Waals surface area contributed by atoms with Gasteiger partial charge >= 0.3 is 6.03 Å². The predicted molar refractivity (Wildman–Crippen MR) is 182 cm³/mol. The standard InChI is InChI=1S/C36H41N9O2/c1-24-11-13-25(14-12-24)45-32(22-31(42-45)36(2,3)4)39-35(46)38-28-15-16-30(27-9-7-8-26(27)28)47-21-20-43-18-19-44-33(23-43)40-41-34(44)29-10-5-6-17-37-29/h5-6,10-17,22H,7-9,18-21,23H2,1-4H3,(H2,38,39,46). The third-order valence-electron chi connectivity index (χ3n) is 8.88. The number of benzene rings is 2. The summed E-state index contributed by atoms with van der Waals surface area (Å²) in [7, 11) is 0. The minimum Gasteiger partial charge on any atom is -0.492 e. The smallest absolute Gasteiger partial charge is 0.324 e. The van der Waals surface area contributed by atoms with Crippen LogP contribution in [0.5, 0.6) is 5.75 Å². The summed E-state index contributed by atoms with van der Waals surface area (Å²) >= 11 is 0. The van der Waals surface area contributed by atoms with E-state index in [-0.39, 0.29) is 11.4 Å². The minimum atomic E-state index is -0.300. The number of fused-ring (bicyclic) bond motifs is 2.